The smallest absolute Gasteiger partial charge is 0.324 e. The minimum absolute atomic E-state index is 0.0497. The third kappa shape index (κ3) is 2.72. The van der Waals surface area contributed by atoms with E-state index in [1.165, 1.54) is 17.9 Å². The molecule has 3 N–H and O–H groups in total. The number of aliphatic carboxylic acids is 1. The number of nitrogens with zero attached hydrogens (tertiary/aromatic N) is 1. The second-order valence-electron chi connectivity index (χ2n) is 7.02. The van der Waals surface area contributed by atoms with E-state index in [-0.39, 0.29) is 18.2 Å². The number of benzene rings is 1. The molecule has 1 aromatic carbocycles. The van der Waals surface area contributed by atoms with E-state index in [0.29, 0.717) is 16.5 Å². The number of unbranched alkanes of at least 4 members (excludes halogenated alkanes) is 1. The number of hydrogen-bond acceptors (Lipinski definition) is 5. The average Bonchev–Trinajstić information content (AvgIpc) is 3.03. The Labute approximate surface area is 159 Å². The number of rotatable bonds is 5. The fraction of sp³-hybridized carbons (Fsp3) is 0.500. The fourth-order valence-corrected chi connectivity index (χ4v) is 4.35. The van der Waals surface area contributed by atoms with Crippen molar-refractivity contribution in [3.63, 3.8) is 0 Å². The van der Waals surface area contributed by atoms with Crippen LogP contribution in [0.15, 0.2) is 22.7 Å². The minimum atomic E-state index is -1.59. The quantitative estimate of drug-likeness (QED) is 0.624. The number of carboxylic acids is 1. The van der Waals surface area contributed by atoms with Gasteiger partial charge >= 0.3 is 5.97 Å². The number of imide groups is 1. The Kier molecular flexibility index (Phi) is 4.83. The summed E-state index contributed by atoms with van der Waals surface area (Å²) in [6.07, 6.45) is 1.48. The Morgan fingerprint density at radius 1 is 1.35 bits per heavy atom. The molecular formula is C18H21BrN2O5. The number of aromatic hydroxyl groups is 1. The molecule has 2 fully saturated rings. The molecule has 26 heavy (non-hydrogen) atoms. The van der Waals surface area contributed by atoms with Crippen LogP contribution in [0.3, 0.4) is 0 Å². The van der Waals surface area contributed by atoms with E-state index in [2.05, 4.69) is 21.2 Å². The first-order valence-corrected chi connectivity index (χ1v) is 9.36. The van der Waals surface area contributed by atoms with Gasteiger partial charge in [-0.05, 0) is 31.5 Å². The zero-order chi connectivity index (χ0) is 19.2. The first-order chi connectivity index (χ1) is 12.2. The predicted molar refractivity (Wildman–Crippen MR) is 96.3 cm³/mol. The molecule has 0 saturated carbocycles. The van der Waals surface area contributed by atoms with Crippen LogP contribution in [0.25, 0.3) is 0 Å². The van der Waals surface area contributed by atoms with Gasteiger partial charge < -0.3 is 10.2 Å². The van der Waals surface area contributed by atoms with Gasteiger partial charge in [-0.2, -0.15) is 0 Å². The second-order valence-corrected chi connectivity index (χ2v) is 7.93. The summed E-state index contributed by atoms with van der Waals surface area (Å²) >= 11 is 3.33. The molecule has 2 aliphatic rings. The topological polar surface area (TPSA) is 107 Å². The number of carboxylic acid groups (broad SMARTS) is 1. The Balaban J connectivity index is 2.08. The SMILES string of the molecule is CCCCN1C(=O)[C@H]2[C@@H](C1=O)[C@@](C)(C(=O)O)N[C@H]2c1cc(Br)ccc1O. The van der Waals surface area contributed by atoms with Gasteiger partial charge in [-0.1, -0.05) is 29.3 Å². The molecule has 7 nitrogen and oxygen atoms in total. The van der Waals surface area contributed by atoms with E-state index in [9.17, 15) is 24.6 Å². The lowest BCUT2D eigenvalue weighted by molar-refractivity contribution is -0.150. The third-order valence-electron chi connectivity index (χ3n) is 5.38. The third-order valence-corrected chi connectivity index (χ3v) is 5.88. The molecule has 140 valence electrons. The number of carbonyl (C=O) groups excluding carboxylic acids is 2. The van der Waals surface area contributed by atoms with E-state index >= 15 is 0 Å². The van der Waals surface area contributed by atoms with Crippen LogP contribution in [0.5, 0.6) is 5.75 Å². The monoisotopic (exact) mass is 424 g/mol. The van der Waals surface area contributed by atoms with Crippen molar-refractivity contribution in [2.45, 2.75) is 38.3 Å². The summed E-state index contributed by atoms with van der Waals surface area (Å²) in [5, 5.41) is 23.0. The summed E-state index contributed by atoms with van der Waals surface area (Å²) in [4.78, 5) is 39.0. The van der Waals surface area contributed by atoms with Gasteiger partial charge in [0.1, 0.15) is 11.3 Å². The van der Waals surface area contributed by atoms with Gasteiger partial charge in [-0.3, -0.25) is 24.6 Å². The van der Waals surface area contributed by atoms with Gasteiger partial charge in [0.2, 0.25) is 11.8 Å². The molecule has 0 radical (unpaired) electrons. The summed E-state index contributed by atoms with van der Waals surface area (Å²) in [6, 6.07) is 4.01. The molecule has 0 unspecified atom stereocenters. The Hall–Kier alpha value is -1.93. The highest BCUT2D eigenvalue weighted by Gasteiger charge is 2.66. The molecule has 3 rings (SSSR count). The molecule has 4 atom stereocenters. The van der Waals surface area contributed by atoms with Gasteiger partial charge in [0, 0.05) is 22.6 Å². The van der Waals surface area contributed by atoms with Gasteiger partial charge in [0.15, 0.2) is 0 Å². The molecule has 0 bridgehead atoms. The van der Waals surface area contributed by atoms with Crippen molar-refractivity contribution in [1.82, 2.24) is 10.2 Å². The van der Waals surface area contributed by atoms with Crippen LogP contribution in [0.1, 0.15) is 38.3 Å². The molecule has 2 aliphatic heterocycles. The summed E-state index contributed by atoms with van der Waals surface area (Å²) in [5.74, 6) is -3.94. The van der Waals surface area contributed by atoms with Crippen LogP contribution in [-0.2, 0) is 14.4 Å². The predicted octanol–water partition coefficient (Wildman–Crippen LogP) is 2.04. The lowest BCUT2D eigenvalue weighted by Crippen LogP contribution is -2.53. The summed E-state index contributed by atoms with van der Waals surface area (Å²) in [6.45, 7) is 3.67. The van der Waals surface area contributed by atoms with Crippen LogP contribution in [0.2, 0.25) is 0 Å². The van der Waals surface area contributed by atoms with Gasteiger partial charge in [0.05, 0.1) is 11.8 Å². The van der Waals surface area contributed by atoms with Crippen LogP contribution < -0.4 is 5.32 Å². The maximum atomic E-state index is 13.0. The normalized spacial score (nSPS) is 30.7. The number of halogens is 1. The number of fused-ring (bicyclic) bond motifs is 1. The molecule has 2 saturated heterocycles. The Morgan fingerprint density at radius 3 is 2.65 bits per heavy atom. The molecule has 0 aliphatic carbocycles. The van der Waals surface area contributed by atoms with Gasteiger partial charge in [0.25, 0.3) is 0 Å². The van der Waals surface area contributed by atoms with E-state index in [1.807, 2.05) is 6.92 Å². The highest BCUT2D eigenvalue weighted by molar-refractivity contribution is 9.10. The second kappa shape index (κ2) is 6.66. The van der Waals surface area contributed by atoms with Gasteiger partial charge in [-0.25, -0.2) is 0 Å². The number of phenolic OH excluding ortho intramolecular Hbond substituents is 1. The Morgan fingerprint density at radius 2 is 2.04 bits per heavy atom. The van der Waals surface area contributed by atoms with Gasteiger partial charge in [-0.15, -0.1) is 0 Å². The summed E-state index contributed by atoms with van der Waals surface area (Å²) < 4.78 is 0.687. The van der Waals surface area contributed by atoms with E-state index in [1.54, 1.807) is 12.1 Å². The molecule has 2 heterocycles. The highest BCUT2D eigenvalue weighted by atomic mass is 79.9. The zero-order valence-corrected chi connectivity index (χ0v) is 16.1. The summed E-state index contributed by atoms with van der Waals surface area (Å²) in [7, 11) is 0. The first kappa shape index (κ1) is 18.8. The van der Waals surface area contributed by atoms with Crippen LogP contribution >= 0.6 is 15.9 Å². The standard InChI is InChI=1S/C18H21BrN2O5/c1-3-4-7-21-15(23)12-13(16(21)24)18(2,17(25)26)20-14(12)10-8-9(19)5-6-11(10)22/h5-6,8,12-14,20,22H,3-4,7H2,1-2H3,(H,25,26)/t12-,13-,14-,18-/m0/s1. The Bertz CT molecular complexity index is 783. The number of carbonyl (C=O) groups is 3. The number of nitrogens with one attached hydrogen (secondary N) is 1. The largest absolute Gasteiger partial charge is 0.508 e. The van der Waals surface area contributed by atoms with Crippen molar-refractivity contribution < 1.29 is 24.6 Å². The first-order valence-electron chi connectivity index (χ1n) is 8.57. The molecule has 0 aromatic heterocycles. The number of phenols is 1. The van der Waals surface area contributed by atoms with Crippen molar-refractivity contribution in [2.24, 2.45) is 11.8 Å². The molecule has 0 spiro atoms. The maximum Gasteiger partial charge on any atom is 0.324 e. The molecular weight excluding hydrogens is 404 g/mol. The van der Waals surface area contributed by atoms with E-state index in [4.69, 9.17) is 0 Å². The number of likely N-dealkylation sites (tertiary alicyclic amines) is 1. The number of hydrogen-bond donors (Lipinski definition) is 3. The molecule has 8 heteroatoms. The van der Waals surface area contributed by atoms with Crippen LogP contribution in [0.4, 0.5) is 0 Å². The fourth-order valence-electron chi connectivity index (χ4n) is 3.97. The number of amides is 2. The molecule has 2 amide bonds. The lowest BCUT2D eigenvalue weighted by Gasteiger charge is -2.27. The minimum Gasteiger partial charge on any atom is -0.508 e. The maximum absolute atomic E-state index is 13.0. The average molecular weight is 425 g/mol. The van der Waals surface area contributed by atoms with Crippen LogP contribution in [-0.4, -0.2) is 45.0 Å². The molecule has 1 aromatic rings. The van der Waals surface area contributed by atoms with E-state index < -0.39 is 35.3 Å². The van der Waals surface area contributed by atoms with Crippen molar-refractivity contribution in [3.8, 4) is 5.75 Å². The summed E-state index contributed by atoms with van der Waals surface area (Å²) in [5.41, 5.74) is -1.18. The van der Waals surface area contributed by atoms with Crippen molar-refractivity contribution in [3.05, 3.63) is 28.2 Å². The van der Waals surface area contributed by atoms with Crippen LogP contribution in [0, 0.1) is 11.8 Å². The van der Waals surface area contributed by atoms with E-state index in [0.717, 1.165) is 6.42 Å². The van der Waals surface area contributed by atoms with Crippen molar-refractivity contribution >= 4 is 33.7 Å². The lowest BCUT2D eigenvalue weighted by atomic mass is 9.80. The van der Waals surface area contributed by atoms with Crippen molar-refractivity contribution in [2.75, 3.05) is 6.54 Å². The van der Waals surface area contributed by atoms with Crippen molar-refractivity contribution in [1.29, 1.82) is 0 Å². The zero-order valence-electron chi connectivity index (χ0n) is 14.5. The highest BCUT2D eigenvalue weighted by Crippen LogP contribution is 2.50.